The number of nitrogens with zero attached hydrogens (tertiary/aromatic N) is 1. The van der Waals surface area contributed by atoms with E-state index in [9.17, 15) is 0 Å². The summed E-state index contributed by atoms with van der Waals surface area (Å²) in [5, 5.41) is 8.88. The van der Waals surface area contributed by atoms with Crippen LogP contribution in [0.1, 0.15) is 24.8 Å². The first-order valence-corrected chi connectivity index (χ1v) is 5.99. The van der Waals surface area contributed by atoms with Gasteiger partial charge in [-0.15, -0.1) is 0 Å². The maximum atomic E-state index is 8.88. The summed E-state index contributed by atoms with van der Waals surface area (Å²) >= 11 is 0. The van der Waals surface area contributed by atoms with Crippen molar-refractivity contribution in [2.24, 2.45) is 0 Å². The zero-order valence-corrected chi connectivity index (χ0v) is 9.60. The molecule has 1 aromatic carbocycles. The lowest BCUT2D eigenvalue weighted by Crippen LogP contribution is -2.27. The summed E-state index contributed by atoms with van der Waals surface area (Å²) in [6, 6.07) is 8.80. The number of hydrogen-bond acceptors (Lipinski definition) is 3. The Labute approximate surface area is 96.9 Å². The number of nitrogen functional groups attached to an aromatic ring is 1. The van der Waals surface area contributed by atoms with Gasteiger partial charge in [-0.05, 0) is 37.0 Å². The third-order valence-corrected chi connectivity index (χ3v) is 3.00. The fourth-order valence-corrected chi connectivity index (χ4v) is 2.03. The van der Waals surface area contributed by atoms with Crippen molar-refractivity contribution in [2.75, 3.05) is 18.9 Å². The molecule has 0 amide bonds. The molecule has 2 rings (SSSR count). The monoisotopic (exact) mass is 220 g/mol. The van der Waals surface area contributed by atoms with Gasteiger partial charge in [0, 0.05) is 31.4 Å². The number of benzene rings is 1. The van der Waals surface area contributed by atoms with Crippen LogP contribution in [-0.2, 0) is 6.54 Å². The summed E-state index contributed by atoms with van der Waals surface area (Å²) in [6.45, 7) is 2.21. The molecule has 3 N–H and O–H groups in total. The van der Waals surface area contributed by atoms with E-state index in [1.54, 1.807) is 0 Å². The Bertz CT molecular complexity index is 336. The molecule has 1 aromatic rings. The molecular weight excluding hydrogens is 200 g/mol. The highest BCUT2D eigenvalue weighted by atomic mass is 16.3. The minimum atomic E-state index is 0.278. The van der Waals surface area contributed by atoms with E-state index in [1.807, 2.05) is 18.2 Å². The molecule has 0 radical (unpaired) electrons. The van der Waals surface area contributed by atoms with E-state index >= 15 is 0 Å². The predicted octanol–water partition coefficient (Wildman–Crippen LogP) is 1.62. The van der Waals surface area contributed by atoms with Gasteiger partial charge in [-0.1, -0.05) is 12.1 Å². The third kappa shape index (κ3) is 3.22. The summed E-state index contributed by atoms with van der Waals surface area (Å²) in [5.74, 6) is 0. The van der Waals surface area contributed by atoms with Crippen LogP contribution in [0.2, 0.25) is 0 Å². The molecule has 0 atom stereocenters. The largest absolute Gasteiger partial charge is 0.399 e. The van der Waals surface area contributed by atoms with Crippen molar-refractivity contribution in [3.05, 3.63) is 29.8 Å². The fourth-order valence-electron chi connectivity index (χ4n) is 2.03. The van der Waals surface area contributed by atoms with Crippen molar-refractivity contribution in [3.8, 4) is 0 Å². The molecule has 88 valence electrons. The first-order chi connectivity index (χ1) is 7.79. The predicted molar refractivity (Wildman–Crippen MR) is 66.0 cm³/mol. The van der Waals surface area contributed by atoms with Crippen molar-refractivity contribution in [2.45, 2.75) is 31.8 Å². The van der Waals surface area contributed by atoms with Gasteiger partial charge in [0.05, 0.1) is 0 Å². The van der Waals surface area contributed by atoms with Crippen molar-refractivity contribution >= 4 is 5.69 Å². The van der Waals surface area contributed by atoms with E-state index in [-0.39, 0.29) is 6.61 Å². The second kappa shape index (κ2) is 5.32. The second-order valence-corrected chi connectivity index (χ2v) is 4.52. The van der Waals surface area contributed by atoms with E-state index < -0.39 is 0 Å². The van der Waals surface area contributed by atoms with Gasteiger partial charge in [0.25, 0.3) is 0 Å². The Morgan fingerprint density at radius 3 is 2.81 bits per heavy atom. The number of aliphatic hydroxyl groups is 1. The summed E-state index contributed by atoms with van der Waals surface area (Å²) in [7, 11) is 0. The standard InChI is InChI=1S/C13H20N2O/c14-12-4-1-3-11(9-12)10-15(7-2-8-16)13-5-6-13/h1,3-4,9,13,16H,2,5-8,10,14H2. The summed E-state index contributed by atoms with van der Waals surface area (Å²) in [5.41, 5.74) is 7.87. The molecule has 1 fully saturated rings. The normalized spacial score (nSPS) is 15.6. The van der Waals surface area contributed by atoms with Gasteiger partial charge in [0.2, 0.25) is 0 Å². The quantitative estimate of drug-likeness (QED) is 0.716. The van der Waals surface area contributed by atoms with Crippen molar-refractivity contribution in [1.29, 1.82) is 0 Å². The molecule has 0 aliphatic heterocycles. The zero-order chi connectivity index (χ0) is 11.4. The minimum Gasteiger partial charge on any atom is -0.399 e. The molecule has 3 heteroatoms. The Morgan fingerprint density at radius 1 is 1.38 bits per heavy atom. The first kappa shape index (κ1) is 11.4. The van der Waals surface area contributed by atoms with Gasteiger partial charge in [-0.2, -0.15) is 0 Å². The zero-order valence-electron chi connectivity index (χ0n) is 9.60. The van der Waals surface area contributed by atoms with Crippen LogP contribution in [0.15, 0.2) is 24.3 Å². The van der Waals surface area contributed by atoms with Gasteiger partial charge < -0.3 is 10.8 Å². The van der Waals surface area contributed by atoms with Gasteiger partial charge in [0.1, 0.15) is 0 Å². The van der Waals surface area contributed by atoms with Crippen LogP contribution in [0.5, 0.6) is 0 Å². The first-order valence-electron chi connectivity index (χ1n) is 5.99. The van der Waals surface area contributed by atoms with Crippen LogP contribution in [0.25, 0.3) is 0 Å². The Balaban J connectivity index is 1.94. The molecule has 16 heavy (non-hydrogen) atoms. The number of aliphatic hydroxyl groups excluding tert-OH is 1. The number of hydrogen-bond donors (Lipinski definition) is 2. The lowest BCUT2D eigenvalue weighted by atomic mass is 10.2. The third-order valence-electron chi connectivity index (χ3n) is 3.00. The molecule has 3 nitrogen and oxygen atoms in total. The van der Waals surface area contributed by atoms with Crippen molar-refractivity contribution in [3.63, 3.8) is 0 Å². The molecule has 0 bridgehead atoms. The molecule has 1 saturated carbocycles. The Hall–Kier alpha value is -1.06. The van der Waals surface area contributed by atoms with Gasteiger partial charge in [0.15, 0.2) is 0 Å². The van der Waals surface area contributed by atoms with E-state index in [4.69, 9.17) is 10.8 Å². The maximum absolute atomic E-state index is 8.88. The second-order valence-electron chi connectivity index (χ2n) is 4.52. The number of rotatable bonds is 6. The van der Waals surface area contributed by atoms with E-state index in [0.717, 1.165) is 31.2 Å². The van der Waals surface area contributed by atoms with Crippen LogP contribution < -0.4 is 5.73 Å². The minimum absolute atomic E-state index is 0.278. The smallest absolute Gasteiger partial charge is 0.0443 e. The SMILES string of the molecule is Nc1cccc(CN(CCCO)C2CC2)c1. The lowest BCUT2D eigenvalue weighted by Gasteiger charge is -2.21. The van der Waals surface area contributed by atoms with Gasteiger partial charge in [-0.25, -0.2) is 0 Å². The molecule has 0 spiro atoms. The molecule has 0 saturated heterocycles. The number of nitrogens with two attached hydrogens (primary N) is 1. The van der Waals surface area contributed by atoms with Crippen LogP contribution in [0.4, 0.5) is 5.69 Å². The van der Waals surface area contributed by atoms with Crippen LogP contribution in [-0.4, -0.2) is 29.2 Å². The van der Waals surface area contributed by atoms with Gasteiger partial charge >= 0.3 is 0 Å². The average Bonchev–Trinajstić information content (AvgIpc) is 3.08. The highest BCUT2D eigenvalue weighted by Crippen LogP contribution is 2.28. The maximum Gasteiger partial charge on any atom is 0.0443 e. The van der Waals surface area contributed by atoms with Crippen LogP contribution in [0, 0.1) is 0 Å². The highest BCUT2D eigenvalue weighted by molar-refractivity contribution is 5.40. The molecule has 0 heterocycles. The van der Waals surface area contributed by atoms with Crippen molar-refractivity contribution in [1.82, 2.24) is 4.90 Å². The Morgan fingerprint density at radius 2 is 2.19 bits per heavy atom. The summed E-state index contributed by atoms with van der Waals surface area (Å²) < 4.78 is 0. The summed E-state index contributed by atoms with van der Waals surface area (Å²) in [6.07, 6.45) is 3.46. The molecule has 1 aliphatic rings. The van der Waals surface area contributed by atoms with E-state index in [0.29, 0.717) is 0 Å². The highest BCUT2D eigenvalue weighted by Gasteiger charge is 2.28. The molecular formula is C13H20N2O. The Kier molecular flexibility index (Phi) is 3.80. The fraction of sp³-hybridized carbons (Fsp3) is 0.538. The molecule has 0 unspecified atom stereocenters. The van der Waals surface area contributed by atoms with Gasteiger partial charge in [-0.3, -0.25) is 4.90 Å². The van der Waals surface area contributed by atoms with Crippen LogP contribution in [0.3, 0.4) is 0 Å². The molecule has 0 aromatic heterocycles. The van der Waals surface area contributed by atoms with Crippen molar-refractivity contribution < 1.29 is 5.11 Å². The van der Waals surface area contributed by atoms with E-state index in [2.05, 4.69) is 11.0 Å². The van der Waals surface area contributed by atoms with E-state index in [1.165, 1.54) is 18.4 Å². The summed E-state index contributed by atoms with van der Waals surface area (Å²) in [4.78, 5) is 2.45. The van der Waals surface area contributed by atoms with Crippen LogP contribution >= 0.6 is 0 Å². The topological polar surface area (TPSA) is 49.5 Å². The number of anilines is 1. The lowest BCUT2D eigenvalue weighted by molar-refractivity contribution is 0.211. The average molecular weight is 220 g/mol. The molecule has 1 aliphatic carbocycles.